The molecule has 0 aliphatic rings. The van der Waals surface area contributed by atoms with Crippen LogP contribution in [0.3, 0.4) is 0 Å². The lowest BCUT2D eigenvalue weighted by Crippen LogP contribution is -2.32. The molecule has 1 heterocycles. The van der Waals surface area contributed by atoms with E-state index in [4.69, 9.17) is 4.52 Å². The predicted octanol–water partition coefficient (Wildman–Crippen LogP) is 2.70. The van der Waals surface area contributed by atoms with E-state index in [0.717, 1.165) is 12.8 Å². The molecule has 144 valence electrons. The number of likely N-dealkylation sites (N-methyl/N-ethyl adjacent to an activating group) is 1. The molecule has 0 aliphatic heterocycles. The van der Waals surface area contributed by atoms with Gasteiger partial charge in [0.25, 0.3) is 5.89 Å². The van der Waals surface area contributed by atoms with Gasteiger partial charge in [0, 0.05) is 31.1 Å². The van der Waals surface area contributed by atoms with E-state index >= 15 is 0 Å². The van der Waals surface area contributed by atoms with E-state index in [1.54, 1.807) is 24.3 Å². The molecule has 0 saturated carbocycles. The molecule has 7 nitrogen and oxygen atoms in total. The third-order valence-corrected chi connectivity index (χ3v) is 6.05. The predicted molar refractivity (Wildman–Crippen MR) is 101 cm³/mol. The van der Waals surface area contributed by atoms with Crippen molar-refractivity contribution in [3.8, 4) is 11.5 Å². The van der Waals surface area contributed by atoms with E-state index in [2.05, 4.69) is 15.5 Å². The van der Waals surface area contributed by atoms with Crippen molar-refractivity contribution in [3.05, 3.63) is 30.1 Å². The molecule has 8 heteroatoms. The van der Waals surface area contributed by atoms with Gasteiger partial charge in [-0.3, -0.25) is 0 Å². The Labute approximate surface area is 155 Å². The van der Waals surface area contributed by atoms with Gasteiger partial charge in [0.2, 0.25) is 10.0 Å². The van der Waals surface area contributed by atoms with E-state index in [9.17, 15) is 8.42 Å². The minimum atomic E-state index is -3.48. The summed E-state index contributed by atoms with van der Waals surface area (Å²) in [6.45, 7) is 7.03. The van der Waals surface area contributed by atoms with Gasteiger partial charge in [-0.2, -0.15) is 9.29 Å². The molecule has 0 spiro atoms. The van der Waals surface area contributed by atoms with Crippen LogP contribution >= 0.6 is 0 Å². The third kappa shape index (κ3) is 4.90. The third-order valence-electron chi connectivity index (χ3n) is 4.13. The summed E-state index contributed by atoms with van der Waals surface area (Å²) in [5.41, 5.74) is 0.706. The fraction of sp³-hybridized carbons (Fsp3) is 0.556. The standard InChI is InChI=1S/C18H28N4O3S/c1-5-11-22(12-6-2)26(23,24)16-9-7-15(8-10-16)18-20-17(21-25-18)13-14(3)19-4/h7-10,14,19H,5-6,11-13H2,1-4H3. The maximum Gasteiger partial charge on any atom is 0.257 e. The van der Waals surface area contributed by atoms with Gasteiger partial charge in [-0.15, -0.1) is 0 Å². The van der Waals surface area contributed by atoms with Gasteiger partial charge in [0.15, 0.2) is 5.82 Å². The Balaban J connectivity index is 2.19. The first-order chi connectivity index (χ1) is 12.4. The molecule has 2 aromatic rings. The van der Waals surface area contributed by atoms with Crippen molar-refractivity contribution in [2.24, 2.45) is 0 Å². The Morgan fingerprint density at radius 1 is 1.15 bits per heavy atom. The van der Waals surface area contributed by atoms with Crippen LogP contribution in [0.25, 0.3) is 11.5 Å². The van der Waals surface area contributed by atoms with Crippen molar-refractivity contribution in [3.63, 3.8) is 0 Å². The molecular formula is C18H28N4O3S. The SMILES string of the molecule is CCCN(CCC)S(=O)(=O)c1ccc(-c2nc(CC(C)NC)no2)cc1. The molecule has 0 fully saturated rings. The van der Waals surface area contributed by atoms with Gasteiger partial charge in [0.05, 0.1) is 4.90 Å². The molecule has 1 aromatic carbocycles. The summed E-state index contributed by atoms with van der Waals surface area (Å²) in [6, 6.07) is 6.87. The lowest BCUT2D eigenvalue weighted by atomic mass is 10.2. The minimum absolute atomic E-state index is 0.246. The maximum atomic E-state index is 12.8. The van der Waals surface area contributed by atoms with Crippen LogP contribution in [0.15, 0.2) is 33.7 Å². The molecule has 0 saturated heterocycles. The van der Waals surface area contributed by atoms with Crippen LogP contribution in [0.2, 0.25) is 0 Å². The second-order valence-corrected chi connectivity index (χ2v) is 8.28. The Morgan fingerprint density at radius 2 is 1.77 bits per heavy atom. The van der Waals surface area contributed by atoms with Crippen molar-refractivity contribution in [2.45, 2.75) is 51.0 Å². The van der Waals surface area contributed by atoms with Crippen molar-refractivity contribution >= 4 is 10.0 Å². The highest BCUT2D eigenvalue weighted by Gasteiger charge is 2.23. The summed E-state index contributed by atoms with van der Waals surface area (Å²) in [7, 11) is -1.60. The highest BCUT2D eigenvalue weighted by molar-refractivity contribution is 7.89. The van der Waals surface area contributed by atoms with Gasteiger partial charge in [0.1, 0.15) is 0 Å². The van der Waals surface area contributed by atoms with Crippen LogP contribution in [-0.4, -0.2) is 49.0 Å². The van der Waals surface area contributed by atoms with Crippen molar-refractivity contribution in [2.75, 3.05) is 20.1 Å². The molecule has 1 atom stereocenters. The number of hydrogen-bond donors (Lipinski definition) is 1. The zero-order chi connectivity index (χ0) is 19.2. The average molecular weight is 381 g/mol. The largest absolute Gasteiger partial charge is 0.334 e. The van der Waals surface area contributed by atoms with E-state index < -0.39 is 10.0 Å². The Hall–Kier alpha value is -1.77. The van der Waals surface area contributed by atoms with Crippen molar-refractivity contribution in [1.29, 1.82) is 0 Å². The molecule has 0 bridgehead atoms. The molecule has 0 radical (unpaired) electrons. The first kappa shape index (κ1) is 20.5. The number of benzene rings is 1. The minimum Gasteiger partial charge on any atom is -0.334 e. The van der Waals surface area contributed by atoms with Crippen LogP contribution in [0, 0.1) is 0 Å². The quantitative estimate of drug-likeness (QED) is 0.682. The molecular weight excluding hydrogens is 352 g/mol. The molecule has 1 unspecified atom stereocenters. The second-order valence-electron chi connectivity index (χ2n) is 6.34. The Morgan fingerprint density at radius 3 is 2.31 bits per heavy atom. The lowest BCUT2D eigenvalue weighted by Gasteiger charge is -2.21. The van der Waals surface area contributed by atoms with Gasteiger partial charge in [-0.1, -0.05) is 19.0 Å². The van der Waals surface area contributed by atoms with E-state index in [-0.39, 0.29) is 10.9 Å². The monoisotopic (exact) mass is 380 g/mol. The molecule has 1 N–H and O–H groups in total. The van der Waals surface area contributed by atoms with E-state index in [1.807, 2.05) is 27.8 Å². The summed E-state index contributed by atoms with van der Waals surface area (Å²) in [5.74, 6) is 1.02. The summed E-state index contributed by atoms with van der Waals surface area (Å²) < 4.78 is 32.4. The smallest absolute Gasteiger partial charge is 0.257 e. The highest BCUT2D eigenvalue weighted by Crippen LogP contribution is 2.22. The van der Waals surface area contributed by atoms with Crippen LogP contribution in [0.5, 0.6) is 0 Å². The first-order valence-electron chi connectivity index (χ1n) is 9.02. The fourth-order valence-corrected chi connectivity index (χ4v) is 4.22. The zero-order valence-electron chi connectivity index (χ0n) is 15.9. The number of nitrogens with one attached hydrogen (secondary N) is 1. The number of hydrogen-bond acceptors (Lipinski definition) is 6. The second kappa shape index (κ2) is 9.25. The summed E-state index contributed by atoms with van der Waals surface area (Å²) in [6.07, 6.45) is 2.23. The van der Waals surface area contributed by atoms with Gasteiger partial charge in [-0.25, -0.2) is 8.42 Å². The Bertz CT molecular complexity index is 781. The van der Waals surface area contributed by atoms with E-state index in [0.29, 0.717) is 36.8 Å². The number of aromatic nitrogens is 2. The molecule has 2 rings (SSSR count). The average Bonchev–Trinajstić information content (AvgIpc) is 3.10. The van der Waals surface area contributed by atoms with E-state index in [1.165, 1.54) is 4.31 Å². The highest BCUT2D eigenvalue weighted by atomic mass is 32.2. The molecule has 26 heavy (non-hydrogen) atoms. The normalized spacial score (nSPS) is 13.3. The van der Waals surface area contributed by atoms with Gasteiger partial charge >= 0.3 is 0 Å². The van der Waals surface area contributed by atoms with Crippen molar-refractivity contribution < 1.29 is 12.9 Å². The van der Waals surface area contributed by atoms with Crippen LogP contribution < -0.4 is 5.32 Å². The topological polar surface area (TPSA) is 88.3 Å². The molecule has 0 amide bonds. The lowest BCUT2D eigenvalue weighted by molar-refractivity contribution is 0.410. The van der Waals surface area contributed by atoms with Crippen LogP contribution in [-0.2, 0) is 16.4 Å². The number of rotatable bonds is 10. The summed E-state index contributed by atoms with van der Waals surface area (Å²) in [4.78, 5) is 4.66. The van der Waals surface area contributed by atoms with Gasteiger partial charge < -0.3 is 9.84 Å². The first-order valence-corrected chi connectivity index (χ1v) is 10.5. The van der Waals surface area contributed by atoms with Crippen LogP contribution in [0.1, 0.15) is 39.4 Å². The molecule has 1 aromatic heterocycles. The number of sulfonamides is 1. The summed E-state index contributed by atoms with van der Waals surface area (Å²) in [5, 5.41) is 7.10. The van der Waals surface area contributed by atoms with Gasteiger partial charge in [-0.05, 0) is 51.1 Å². The zero-order valence-corrected chi connectivity index (χ0v) is 16.7. The number of nitrogens with zero attached hydrogens (tertiary/aromatic N) is 3. The Kier molecular flexibility index (Phi) is 7.31. The molecule has 0 aliphatic carbocycles. The maximum absolute atomic E-state index is 12.8. The fourth-order valence-electron chi connectivity index (χ4n) is 2.60. The summed E-state index contributed by atoms with van der Waals surface area (Å²) >= 11 is 0. The van der Waals surface area contributed by atoms with Crippen LogP contribution in [0.4, 0.5) is 0 Å². The van der Waals surface area contributed by atoms with Crippen molar-refractivity contribution in [1.82, 2.24) is 19.8 Å².